The van der Waals surface area contributed by atoms with E-state index in [-0.39, 0.29) is 43.2 Å². The molecule has 0 saturated heterocycles. The summed E-state index contributed by atoms with van der Waals surface area (Å²) >= 11 is 1.42. The third-order valence-corrected chi connectivity index (χ3v) is 6.50. The Labute approximate surface area is 253 Å². The molecule has 13 nitrogen and oxygen atoms in total. The minimum absolute atomic E-state index is 0. The average molecular weight is 626 g/mol. The molecule has 0 bridgehead atoms. The van der Waals surface area contributed by atoms with Crippen LogP contribution in [0, 0.1) is 0 Å². The van der Waals surface area contributed by atoms with Gasteiger partial charge in [-0.2, -0.15) is 11.8 Å². The van der Waals surface area contributed by atoms with E-state index in [1.807, 2.05) is 0 Å². The summed E-state index contributed by atoms with van der Waals surface area (Å²) in [6.07, 6.45) is 2.17. The van der Waals surface area contributed by atoms with E-state index in [1.165, 1.54) is 36.0 Å². The summed E-state index contributed by atoms with van der Waals surface area (Å²) in [7, 11) is 0. The standard InChI is InChI=1S/C27H35N5O8S.ClH/c1-41-11-10-21(27(39)40)32-26(38)22(13-17-4-8-19(34)9-5-17)31-24(36)15-29-23(35)14-30-25(37)20(28)12-16-2-6-18(33)7-3-16;/h2-9,20-22,33-34H,10-15,28H2,1H3,(H,29,35)(H,30,37)(H,31,36)(H,32,38)(H,39,40);1H/t20-,21-,22+;/m0./s1. The van der Waals surface area contributed by atoms with E-state index in [1.54, 1.807) is 30.5 Å². The molecule has 0 saturated carbocycles. The number of aromatic hydroxyl groups is 2. The van der Waals surface area contributed by atoms with Gasteiger partial charge in [0.25, 0.3) is 0 Å². The third-order valence-electron chi connectivity index (χ3n) is 5.85. The van der Waals surface area contributed by atoms with Crippen molar-refractivity contribution in [3.8, 4) is 11.5 Å². The van der Waals surface area contributed by atoms with Gasteiger partial charge in [0.1, 0.15) is 23.6 Å². The molecule has 0 aromatic heterocycles. The number of carboxylic acids is 1. The van der Waals surface area contributed by atoms with Crippen molar-refractivity contribution < 1.29 is 39.3 Å². The molecule has 9 N–H and O–H groups in total. The van der Waals surface area contributed by atoms with Crippen molar-refractivity contribution in [2.75, 3.05) is 25.1 Å². The van der Waals surface area contributed by atoms with Crippen molar-refractivity contribution in [3.05, 3.63) is 59.7 Å². The fourth-order valence-electron chi connectivity index (χ4n) is 3.61. The normalized spacial score (nSPS) is 12.5. The first-order chi connectivity index (χ1) is 19.5. The maximum absolute atomic E-state index is 13.0. The van der Waals surface area contributed by atoms with Crippen LogP contribution in [0.25, 0.3) is 0 Å². The topological polar surface area (TPSA) is 220 Å². The van der Waals surface area contributed by atoms with Crippen LogP contribution in [-0.4, -0.2) is 88.1 Å². The monoisotopic (exact) mass is 625 g/mol. The van der Waals surface area contributed by atoms with E-state index in [0.717, 1.165) is 5.56 Å². The smallest absolute Gasteiger partial charge is 0.326 e. The largest absolute Gasteiger partial charge is 0.508 e. The molecular weight excluding hydrogens is 590 g/mol. The Morgan fingerprint density at radius 1 is 0.762 bits per heavy atom. The zero-order valence-electron chi connectivity index (χ0n) is 22.9. The Kier molecular flexibility index (Phi) is 15.8. The van der Waals surface area contributed by atoms with Crippen molar-refractivity contribution in [1.82, 2.24) is 21.3 Å². The van der Waals surface area contributed by atoms with Crippen molar-refractivity contribution in [2.45, 2.75) is 37.4 Å². The number of amides is 4. The number of thioether (sulfide) groups is 1. The summed E-state index contributed by atoms with van der Waals surface area (Å²) in [5.41, 5.74) is 7.18. The summed E-state index contributed by atoms with van der Waals surface area (Å²) in [5, 5.41) is 38.0. The number of phenols is 2. The van der Waals surface area contributed by atoms with Crippen molar-refractivity contribution in [3.63, 3.8) is 0 Å². The second-order valence-electron chi connectivity index (χ2n) is 9.14. The second-order valence-corrected chi connectivity index (χ2v) is 10.1. The van der Waals surface area contributed by atoms with Crippen LogP contribution in [0.1, 0.15) is 17.5 Å². The van der Waals surface area contributed by atoms with E-state index in [4.69, 9.17) is 5.73 Å². The van der Waals surface area contributed by atoms with Crippen molar-refractivity contribution >= 4 is 53.8 Å². The fraction of sp³-hybridized carbons (Fsp3) is 0.370. The number of nitrogens with one attached hydrogen (secondary N) is 4. The number of carbonyl (C=O) groups is 5. The Bertz CT molecular complexity index is 1200. The molecule has 4 amide bonds. The molecule has 0 radical (unpaired) electrons. The summed E-state index contributed by atoms with van der Waals surface area (Å²) < 4.78 is 0. The van der Waals surface area contributed by atoms with E-state index < -0.39 is 60.8 Å². The van der Waals surface area contributed by atoms with Crippen molar-refractivity contribution in [2.24, 2.45) is 5.73 Å². The predicted molar refractivity (Wildman–Crippen MR) is 159 cm³/mol. The first-order valence-corrected chi connectivity index (χ1v) is 14.0. The van der Waals surface area contributed by atoms with E-state index >= 15 is 0 Å². The summed E-state index contributed by atoms with van der Waals surface area (Å²) in [6.45, 7) is -0.953. The van der Waals surface area contributed by atoms with E-state index in [9.17, 15) is 39.3 Å². The lowest BCUT2D eigenvalue weighted by Gasteiger charge is -2.22. The number of phenolic OH excluding ortho intramolecular Hbond substituents is 2. The number of hydrogen-bond acceptors (Lipinski definition) is 9. The lowest BCUT2D eigenvalue weighted by molar-refractivity contribution is -0.142. The number of aliphatic carboxylic acids is 1. The Morgan fingerprint density at radius 3 is 1.81 bits per heavy atom. The Balaban J connectivity index is 0.00000882. The molecule has 0 aliphatic heterocycles. The Hall–Kier alpha value is -4.01. The van der Waals surface area contributed by atoms with Gasteiger partial charge in [-0.15, -0.1) is 12.4 Å². The van der Waals surface area contributed by atoms with E-state index in [2.05, 4.69) is 21.3 Å². The fourth-order valence-corrected chi connectivity index (χ4v) is 4.08. The van der Waals surface area contributed by atoms with Crippen LogP contribution in [0.4, 0.5) is 0 Å². The maximum atomic E-state index is 13.0. The SMILES string of the molecule is CSCC[C@H](NC(=O)[C@@H](Cc1ccc(O)cc1)NC(=O)CNC(=O)CNC(=O)[C@@H](N)Cc1ccc(O)cc1)C(=O)O.Cl. The minimum atomic E-state index is -1.21. The number of nitrogens with two attached hydrogens (primary N) is 1. The number of benzene rings is 2. The molecular formula is C27H36ClN5O8S. The lowest BCUT2D eigenvalue weighted by atomic mass is 10.0. The molecule has 2 rings (SSSR count). The van der Waals surface area contributed by atoms with Crippen LogP contribution < -0.4 is 27.0 Å². The number of halogens is 1. The van der Waals surface area contributed by atoms with Gasteiger partial charge >= 0.3 is 5.97 Å². The van der Waals surface area contributed by atoms with Gasteiger partial charge in [0.15, 0.2) is 0 Å². The number of carboxylic acid groups (broad SMARTS) is 1. The minimum Gasteiger partial charge on any atom is -0.508 e. The molecule has 0 aliphatic rings. The highest BCUT2D eigenvalue weighted by molar-refractivity contribution is 7.98. The van der Waals surface area contributed by atoms with Gasteiger partial charge in [0.05, 0.1) is 19.1 Å². The highest BCUT2D eigenvalue weighted by Gasteiger charge is 2.27. The third kappa shape index (κ3) is 13.1. The summed E-state index contributed by atoms with van der Waals surface area (Å²) in [4.78, 5) is 61.5. The van der Waals surface area contributed by atoms with Crippen LogP contribution in [0.15, 0.2) is 48.5 Å². The quantitative estimate of drug-likeness (QED) is 0.121. The highest BCUT2D eigenvalue weighted by Crippen LogP contribution is 2.12. The van der Waals surface area contributed by atoms with E-state index in [0.29, 0.717) is 11.3 Å². The van der Waals surface area contributed by atoms with Gasteiger partial charge in [-0.1, -0.05) is 24.3 Å². The first-order valence-electron chi connectivity index (χ1n) is 12.7. The first kappa shape index (κ1) is 36.0. The molecule has 0 aliphatic carbocycles. The lowest BCUT2D eigenvalue weighted by Crippen LogP contribution is -2.54. The Morgan fingerprint density at radius 2 is 1.29 bits per heavy atom. The van der Waals surface area contributed by atoms with Gasteiger partial charge < -0.3 is 42.3 Å². The van der Waals surface area contributed by atoms with Crippen LogP contribution in [0.3, 0.4) is 0 Å². The number of carbonyl (C=O) groups excluding carboxylic acids is 4. The summed E-state index contributed by atoms with van der Waals surface area (Å²) in [6, 6.07) is 8.84. The second kappa shape index (κ2) is 18.4. The van der Waals surface area contributed by atoms with Crippen LogP contribution in [-0.2, 0) is 36.8 Å². The molecule has 0 unspecified atom stereocenters. The molecule has 2 aromatic carbocycles. The molecule has 0 spiro atoms. The molecule has 230 valence electrons. The van der Waals surface area contributed by atoms with Crippen LogP contribution in [0.2, 0.25) is 0 Å². The van der Waals surface area contributed by atoms with Gasteiger partial charge in [0.2, 0.25) is 23.6 Å². The number of rotatable bonds is 16. The molecule has 2 aromatic rings. The molecule has 42 heavy (non-hydrogen) atoms. The molecule has 15 heteroatoms. The zero-order valence-corrected chi connectivity index (χ0v) is 24.5. The average Bonchev–Trinajstić information content (AvgIpc) is 2.94. The predicted octanol–water partition coefficient (Wildman–Crippen LogP) is -0.328. The maximum Gasteiger partial charge on any atom is 0.326 e. The van der Waals surface area contributed by atoms with Gasteiger partial charge in [0, 0.05) is 6.42 Å². The van der Waals surface area contributed by atoms with Crippen LogP contribution in [0.5, 0.6) is 11.5 Å². The molecule has 3 atom stereocenters. The van der Waals surface area contributed by atoms with Crippen molar-refractivity contribution in [1.29, 1.82) is 0 Å². The molecule has 0 heterocycles. The van der Waals surface area contributed by atoms with Crippen LogP contribution >= 0.6 is 24.2 Å². The summed E-state index contributed by atoms with van der Waals surface area (Å²) in [5.74, 6) is -3.32. The molecule has 0 fully saturated rings. The van der Waals surface area contributed by atoms with Gasteiger partial charge in [-0.05, 0) is 60.2 Å². The zero-order chi connectivity index (χ0) is 30.4. The van der Waals surface area contributed by atoms with Gasteiger partial charge in [-0.3, -0.25) is 19.2 Å². The number of hydrogen-bond donors (Lipinski definition) is 8. The van der Waals surface area contributed by atoms with Gasteiger partial charge in [-0.25, -0.2) is 4.79 Å². The highest BCUT2D eigenvalue weighted by atomic mass is 35.5.